The van der Waals surface area contributed by atoms with Crippen molar-refractivity contribution >= 4 is 45.1 Å². The Bertz CT molecular complexity index is 850. The molecule has 0 radical (unpaired) electrons. The van der Waals surface area contributed by atoms with Gasteiger partial charge in [0.2, 0.25) is 0 Å². The normalized spacial score (nSPS) is 10.4. The number of nitrogens with one attached hydrogen (secondary N) is 1. The number of anilines is 1. The number of halogens is 4. The number of esters is 1. The zero-order valence-corrected chi connectivity index (χ0v) is 16.1. The summed E-state index contributed by atoms with van der Waals surface area (Å²) in [6.07, 6.45) is 0. The lowest BCUT2D eigenvalue weighted by Crippen LogP contribution is -2.20. The molecule has 0 fully saturated rings. The predicted octanol–water partition coefficient (Wildman–Crippen LogP) is 4.51. The van der Waals surface area contributed by atoms with E-state index in [2.05, 4.69) is 30.7 Å². The Morgan fingerprint density at radius 3 is 2.48 bits per heavy atom. The Labute approximate surface area is 166 Å². The van der Waals surface area contributed by atoms with Crippen molar-refractivity contribution in [2.75, 3.05) is 19.0 Å². The number of methoxy groups -OCH3 is 1. The summed E-state index contributed by atoms with van der Waals surface area (Å²) in [6.45, 7) is -3.33. The first kappa shape index (κ1) is 20.9. The molecule has 1 N–H and O–H groups in total. The van der Waals surface area contributed by atoms with Gasteiger partial charge in [-0.3, -0.25) is 4.79 Å². The van der Waals surface area contributed by atoms with Crippen LogP contribution in [-0.2, 0) is 9.53 Å². The van der Waals surface area contributed by atoms with Crippen LogP contribution in [0.15, 0.2) is 40.9 Å². The molecular weight excluding hydrogens is 452 g/mol. The number of hydrogen-bond acceptors (Lipinski definition) is 5. The lowest BCUT2D eigenvalue weighted by molar-refractivity contribution is -0.118. The van der Waals surface area contributed by atoms with Gasteiger partial charge in [0.25, 0.3) is 5.91 Å². The number of benzene rings is 2. The van der Waals surface area contributed by atoms with E-state index in [0.29, 0.717) is 15.8 Å². The standard InChI is InChI=1S/C17H13BrClF2NO5/c1-25-16(24)9-2-4-13(11(18)6-9)26-8-15(23)22-10-3-5-14(12(19)7-10)27-17(20)21/h2-7,17H,8H2,1H3,(H,22,23). The van der Waals surface area contributed by atoms with Gasteiger partial charge in [0, 0.05) is 5.69 Å². The zero-order chi connectivity index (χ0) is 20.0. The van der Waals surface area contributed by atoms with Crippen molar-refractivity contribution in [3.05, 3.63) is 51.5 Å². The number of carbonyl (C=O) groups excluding carboxylic acids is 2. The molecule has 2 rings (SSSR count). The average Bonchev–Trinajstić information content (AvgIpc) is 2.62. The Kier molecular flexibility index (Phi) is 7.37. The number of alkyl halides is 2. The zero-order valence-electron chi connectivity index (χ0n) is 13.8. The molecule has 0 aliphatic carbocycles. The van der Waals surface area contributed by atoms with Gasteiger partial charge >= 0.3 is 12.6 Å². The van der Waals surface area contributed by atoms with Gasteiger partial charge in [0.1, 0.15) is 11.5 Å². The first-order chi connectivity index (χ1) is 12.8. The van der Waals surface area contributed by atoms with E-state index < -0.39 is 18.5 Å². The third-order valence-corrected chi connectivity index (χ3v) is 4.06. The largest absolute Gasteiger partial charge is 0.483 e. The minimum atomic E-state index is -3.00. The third kappa shape index (κ3) is 6.07. The Balaban J connectivity index is 1.95. The van der Waals surface area contributed by atoms with Crippen molar-refractivity contribution in [2.24, 2.45) is 0 Å². The number of hydrogen-bond donors (Lipinski definition) is 1. The van der Waals surface area contributed by atoms with E-state index in [4.69, 9.17) is 16.3 Å². The van der Waals surface area contributed by atoms with E-state index in [1.165, 1.54) is 43.5 Å². The lowest BCUT2D eigenvalue weighted by atomic mass is 10.2. The van der Waals surface area contributed by atoms with Crippen LogP contribution in [0.5, 0.6) is 11.5 Å². The maximum Gasteiger partial charge on any atom is 0.387 e. The summed E-state index contributed by atoms with van der Waals surface area (Å²) >= 11 is 9.06. The van der Waals surface area contributed by atoms with Crippen LogP contribution in [0.4, 0.5) is 14.5 Å². The van der Waals surface area contributed by atoms with Crippen LogP contribution in [0.2, 0.25) is 5.02 Å². The fourth-order valence-electron chi connectivity index (χ4n) is 1.97. The third-order valence-electron chi connectivity index (χ3n) is 3.14. The van der Waals surface area contributed by atoms with E-state index >= 15 is 0 Å². The summed E-state index contributed by atoms with van der Waals surface area (Å²) in [6, 6.07) is 8.36. The van der Waals surface area contributed by atoms with Crippen molar-refractivity contribution in [2.45, 2.75) is 6.61 Å². The minimum absolute atomic E-state index is 0.0739. The summed E-state index contributed by atoms with van der Waals surface area (Å²) in [4.78, 5) is 23.4. The van der Waals surface area contributed by atoms with Gasteiger partial charge < -0.3 is 19.5 Å². The fourth-order valence-corrected chi connectivity index (χ4v) is 2.69. The van der Waals surface area contributed by atoms with Crippen molar-refractivity contribution in [3.8, 4) is 11.5 Å². The second-order valence-electron chi connectivity index (χ2n) is 5.00. The number of ether oxygens (including phenoxy) is 3. The maximum absolute atomic E-state index is 12.2. The molecule has 0 spiro atoms. The lowest BCUT2D eigenvalue weighted by Gasteiger charge is -2.11. The highest BCUT2D eigenvalue weighted by Gasteiger charge is 2.12. The summed E-state index contributed by atoms with van der Waals surface area (Å²) < 4.78 is 39.1. The van der Waals surface area contributed by atoms with E-state index in [0.717, 1.165) is 0 Å². The molecule has 0 saturated carbocycles. The highest BCUT2D eigenvalue weighted by Crippen LogP contribution is 2.29. The molecule has 144 valence electrons. The molecule has 0 saturated heterocycles. The summed E-state index contributed by atoms with van der Waals surface area (Å²) in [7, 11) is 1.27. The minimum Gasteiger partial charge on any atom is -0.483 e. The fraction of sp³-hybridized carbons (Fsp3) is 0.176. The van der Waals surface area contributed by atoms with Crippen LogP contribution in [0, 0.1) is 0 Å². The Morgan fingerprint density at radius 1 is 1.19 bits per heavy atom. The second kappa shape index (κ2) is 9.52. The highest BCUT2D eigenvalue weighted by atomic mass is 79.9. The van der Waals surface area contributed by atoms with Gasteiger partial charge in [-0.1, -0.05) is 11.6 Å². The highest BCUT2D eigenvalue weighted by molar-refractivity contribution is 9.10. The first-order valence-electron chi connectivity index (χ1n) is 7.35. The van der Waals surface area contributed by atoms with Crippen molar-refractivity contribution in [1.29, 1.82) is 0 Å². The molecule has 10 heteroatoms. The number of carbonyl (C=O) groups is 2. The van der Waals surface area contributed by atoms with Gasteiger partial charge in [-0.25, -0.2) is 4.79 Å². The molecule has 0 unspecified atom stereocenters. The molecule has 0 aromatic heterocycles. The van der Waals surface area contributed by atoms with Gasteiger partial charge in [0.15, 0.2) is 6.61 Å². The van der Waals surface area contributed by atoms with Crippen LogP contribution in [-0.4, -0.2) is 32.2 Å². The van der Waals surface area contributed by atoms with E-state index in [1.807, 2.05) is 0 Å². The number of rotatable bonds is 7. The summed E-state index contributed by atoms with van der Waals surface area (Å²) in [5.41, 5.74) is 0.609. The Hall–Kier alpha value is -2.39. The molecule has 2 aromatic rings. The van der Waals surface area contributed by atoms with Gasteiger partial charge in [0.05, 0.1) is 22.2 Å². The van der Waals surface area contributed by atoms with Gasteiger partial charge in [-0.05, 0) is 52.3 Å². The van der Waals surface area contributed by atoms with E-state index in [-0.39, 0.29) is 23.1 Å². The van der Waals surface area contributed by atoms with Gasteiger partial charge in [-0.2, -0.15) is 8.78 Å². The first-order valence-corrected chi connectivity index (χ1v) is 8.52. The topological polar surface area (TPSA) is 73.9 Å². The molecule has 0 heterocycles. The van der Waals surface area contributed by atoms with E-state index in [1.54, 1.807) is 0 Å². The summed E-state index contributed by atoms with van der Waals surface area (Å²) in [5.74, 6) is -0.860. The van der Waals surface area contributed by atoms with Crippen molar-refractivity contribution < 1.29 is 32.6 Å². The molecule has 0 atom stereocenters. The Morgan fingerprint density at radius 2 is 1.89 bits per heavy atom. The van der Waals surface area contributed by atoms with E-state index in [9.17, 15) is 18.4 Å². The van der Waals surface area contributed by atoms with Crippen LogP contribution in [0.3, 0.4) is 0 Å². The van der Waals surface area contributed by atoms with Crippen LogP contribution < -0.4 is 14.8 Å². The molecule has 0 aliphatic heterocycles. The molecule has 0 bridgehead atoms. The SMILES string of the molecule is COC(=O)c1ccc(OCC(=O)Nc2ccc(OC(F)F)c(Cl)c2)c(Br)c1. The maximum atomic E-state index is 12.2. The number of amides is 1. The molecule has 27 heavy (non-hydrogen) atoms. The quantitative estimate of drug-likeness (QED) is 0.611. The molecule has 1 amide bonds. The van der Waals surface area contributed by atoms with Crippen molar-refractivity contribution in [3.63, 3.8) is 0 Å². The van der Waals surface area contributed by atoms with Crippen LogP contribution in [0.25, 0.3) is 0 Å². The summed E-state index contributed by atoms with van der Waals surface area (Å²) in [5, 5.41) is 2.44. The smallest absolute Gasteiger partial charge is 0.387 e. The molecular formula is C17H13BrClF2NO5. The molecule has 2 aromatic carbocycles. The van der Waals surface area contributed by atoms with Gasteiger partial charge in [-0.15, -0.1) is 0 Å². The molecule has 6 nitrogen and oxygen atoms in total. The molecule has 0 aliphatic rings. The van der Waals surface area contributed by atoms with Crippen LogP contribution >= 0.6 is 27.5 Å². The predicted molar refractivity (Wildman–Crippen MR) is 97.7 cm³/mol. The second-order valence-corrected chi connectivity index (χ2v) is 6.26. The van der Waals surface area contributed by atoms with Crippen molar-refractivity contribution in [1.82, 2.24) is 0 Å². The monoisotopic (exact) mass is 463 g/mol. The van der Waals surface area contributed by atoms with Crippen LogP contribution in [0.1, 0.15) is 10.4 Å². The average molecular weight is 465 g/mol.